The summed E-state index contributed by atoms with van der Waals surface area (Å²) in [6, 6.07) is 1.38. The van der Waals surface area contributed by atoms with Crippen LogP contribution in [-0.4, -0.2) is 29.7 Å². The van der Waals surface area contributed by atoms with Gasteiger partial charge in [0.25, 0.3) is 5.56 Å². The molecule has 0 bridgehead atoms. The maximum Gasteiger partial charge on any atom is 0.266 e. The van der Waals surface area contributed by atoms with Gasteiger partial charge in [-0.05, 0) is 25.2 Å². The van der Waals surface area contributed by atoms with E-state index < -0.39 is 9.84 Å². The third-order valence-electron chi connectivity index (χ3n) is 3.36. The fraction of sp³-hybridized carbons (Fsp3) is 0.750. The van der Waals surface area contributed by atoms with Crippen molar-refractivity contribution < 1.29 is 8.42 Å². The first kappa shape index (κ1) is 13.4. The molecule has 0 amide bonds. The Morgan fingerprint density at radius 3 is 2.78 bits per heavy atom. The molecule has 1 atom stereocenters. The van der Waals surface area contributed by atoms with Crippen molar-refractivity contribution in [2.24, 2.45) is 5.92 Å². The maximum atomic E-state index is 11.8. The van der Waals surface area contributed by atoms with E-state index >= 15 is 0 Å². The zero-order chi connectivity index (χ0) is 13.3. The molecule has 1 aliphatic heterocycles. The van der Waals surface area contributed by atoms with E-state index in [1.165, 1.54) is 4.68 Å². The van der Waals surface area contributed by atoms with E-state index in [0.717, 1.165) is 18.5 Å². The number of aryl methyl sites for hydroxylation is 1. The molecule has 0 aliphatic carbocycles. The number of aromatic amines is 1. The number of hydrogen-bond donors (Lipinski definition) is 1. The van der Waals surface area contributed by atoms with Crippen LogP contribution in [0.5, 0.6) is 0 Å². The van der Waals surface area contributed by atoms with Crippen molar-refractivity contribution in [1.82, 2.24) is 9.78 Å². The molecule has 5 nitrogen and oxygen atoms in total. The summed E-state index contributed by atoms with van der Waals surface area (Å²) in [7, 11) is -2.96. The van der Waals surface area contributed by atoms with Gasteiger partial charge < -0.3 is 0 Å². The van der Waals surface area contributed by atoms with Crippen LogP contribution >= 0.6 is 0 Å². The van der Waals surface area contributed by atoms with Crippen molar-refractivity contribution in [1.29, 1.82) is 0 Å². The van der Waals surface area contributed by atoms with Crippen LogP contribution in [0.4, 0.5) is 0 Å². The zero-order valence-electron chi connectivity index (χ0n) is 10.8. The van der Waals surface area contributed by atoms with Crippen molar-refractivity contribution in [3.8, 4) is 0 Å². The highest BCUT2D eigenvalue weighted by molar-refractivity contribution is 7.91. The summed E-state index contributed by atoms with van der Waals surface area (Å²) in [4.78, 5) is 11.8. The normalized spacial score (nSPS) is 22.7. The summed E-state index contributed by atoms with van der Waals surface area (Å²) in [6.07, 6.45) is 2.38. The number of hydrogen-bond acceptors (Lipinski definition) is 3. The molecular formula is C12H20N2O3S. The zero-order valence-corrected chi connectivity index (χ0v) is 11.7. The molecule has 0 aromatic carbocycles. The number of nitrogens with zero attached hydrogens (tertiary/aromatic N) is 1. The van der Waals surface area contributed by atoms with E-state index in [4.69, 9.17) is 0 Å². The highest BCUT2D eigenvalue weighted by Crippen LogP contribution is 2.21. The highest BCUT2D eigenvalue weighted by atomic mass is 32.2. The van der Waals surface area contributed by atoms with Crippen molar-refractivity contribution in [3.05, 3.63) is 22.1 Å². The summed E-state index contributed by atoms with van der Waals surface area (Å²) in [6.45, 7) is 4.28. The van der Waals surface area contributed by atoms with Crippen LogP contribution in [0.25, 0.3) is 0 Å². The molecular weight excluding hydrogens is 252 g/mol. The van der Waals surface area contributed by atoms with Gasteiger partial charge in [-0.15, -0.1) is 0 Å². The first-order valence-corrected chi connectivity index (χ1v) is 8.20. The van der Waals surface area contributed by atoms with Gasteiger partial charge in [-0.3, -0.25) is 9.89 Å². The smallest absolute Gasteiger partial charge is 0.266 e. The van der Waals surface area contributed by atoms with Gasteiger partial charge in [0.15, 0.2) is 9.84 Å². The number of H-pyrrole nitrogens is 1. The Bertz CT molecular complexity index is 568. The van der Waals surface area contributed by atoms with E-state index in [1.807, 2.05) is 0 Å². The molecule has 1 fully saturated rings. The Hall–Kier alpha value is -1.04. The minimum absolute atomic E-state index is 0.0804. The minimum atomic E-state index is -2.96. The van der Waals surface area contributed by atoms with Crippen LogP contribution in [0.3, 0.4) is 0 Å². The summed E-state index contributed by atoms with van der Waals surface area (Å²) >= 11 is 0. The van der Waals surface area contributed by atoms with Gasteiger partial charge in [0.2, 0.25) is 0 Å². The van der Waals surface area contributed by atoms with Crippen LogP contribution in [0.2, 0.25) is 0 Å². The SMILES string of the molecule is CC(C)CCc1cc(=O)n([C@H]2CCS(=O)(=O)C2)[nH]1. The standard InChI is InChI=1S/C12H20N2O3S/c1-9(2)3-4-10-7-12(15)14(13-10)11-5-6-18(16,17)8-11/h7,9,11,13H,3-6,8H2,1-2H3/t11-/m0/s1. The van der Waals surface area contributed by atoms with Gasteiger partial charge in [-0.2, -0.15) is 0 Å². The van der Waals surface area contributed by atoms with Gasteiger partial charge in [0.1, 0.15) is 0 Å². The lowest BCUT2D eigenvalue weighted by atomic mass is 10.1. The van der Waals surface area contributed by atoms with Gasteiger partial charge in [0.05, 0.1) is 17.5 Å². The summed E-state index contributed by atoms with van der Waals surface area (Å²) < 4.78 is 24.3. The van der Waals surface area contributed by atoms with Crippen LogP contribution in [0.1, 0.15) is 38.4 Å². The molecule has 102 valence electrons. The first-order chi connectivity index (χ1) is 8.37. The van der Waals surface area contributed by atoms with E-state index in [9.17, 15) is 13.2 Å². The fourth-order valence-electron chi connectivity index (χ4n) is 2.28. The molecule has 0 saturated carbocycles. The molecule has 18 heavy (non-hydrogen) atoms. The topological polar surface area (TPSA) is 71.9 Å². The molecule has 6 heteroatoms. The van der Waals surface area contributed by atoms with E-state index in [1.54, 1.807) is 6.07 Å². The molecule has 0 radical (unpaired) electrons. The lowest BCUT2D eigenvalue weighted by Crippen LogP contribution is -2.22. The van der Waals surface area contributed by atoms with Gasteiger partial charge in [-0.25, -0.2) is 13.1 Å². The molecule has 1 saturated heterocycles. The summed E-state index contributed by atoms with van der Waals surface area (Å²) in [5.41, 5.74) is 0.786. The van der Waals surface area contributed by atoms with Crippen LogP contribution in [-0.2, 0) is 16.3 Å². The lowest BCUT2D eigenvalue weighted by Gasteiger charge is -2.08. The highest BCUT2D eigenvalue weighted by Gasteiger charge is 2.30. The monoisotopic (exact) mass is 272 g/mol. The molecule has 1 aromatic heterocycles. The second kappa shape index (κ2) is 4.91. The van der Waals surface area contributed by atoms with Crippen molar-refractivity contribution in [2.75, 3.05) is 11.5 Å². The fourth-order valence-corrected chi connectivity index (χ4v) is 3.98. The van der Waals surface area contributed by atoms with Crippen molar-refractivity contribution in [3.63, 3.8) is 0 Å². The second-order valence-corrected chi connectivity index (χ2v) is 7.71. The molecule has 0 unspecified atom stereocenters. The van der Waals surface area contributed by atoms with Crippen LogP contribution in [0.15, 0.2) is 10.9 Å². The van der Waals surface area contributed by atoms with Crippen molar-refractivity contribution in [2.45, 2.75) is 39.2 Å². The number of nitrogens with one attached hydrogen (secondary N) is 1. The summed E-state index contributed by atoms with van der Waals surface area (Å²) in [5, 5.41) is 3.06. The lowest BCUT2D eigenvalue weighted by molar-refractivity contribution is 0.478. The molecule has 0 spiro atoms. The Morgan fingerprint density at radius 1 is 1.50 bits per heavy atom. The third kappa shape index (κ3) is 3.04. The predicted octanol–water partition coefficient (Wildman–Crippen LogP) is 1.12. The quantitative estimate of drug-likeness (QED) is 0.893. The van der Waals surface area contributed by atoms with Crippen molar-refractivity contribution >= 4 is 9.84 Å². The Labute approximate surface area is 107 Å². The van der Waals surface area contributed by atoms with Crippen LogP contribution < -0.4 is 5.56 Å². The third-order valence-corrected chi connectivity index (χ3v) is 5.11. The van der Waals surface area contributed by atoms with Gasteiger partial charge in [-0.1, -0.05) is 13.8 Å². The minimum Gasteiger partial charge on any atom is -0.299 e. The van der Waals surface area contributed by atoms with Gasteiger partial charge in [0, 0.05) is 11.8 Å². The van der Waals surface area contributed by atoms with Crippen LogP contribution in [0, 0.1) is 5.92 Å². The predicted molar refractivity (Wildman–Crippen MR) is 70.5 cm³/mol. The molecule has 1 N–H and O–H groups in total. The molecule has 1 aliphatic rings. The first-order valence-electron chi connectivity index (χ1n) is 6.38. The number of sulfone groups is 1. The largest absolute Gasteiger partial charge is 0.299 e. The maximum absolute atomic E-state index is 11.8. The molecule has 1 aromatic rings. The Balaban J connectivity index is 2.13. The second-order valence-electron chi connectivity index (χ2n) is 5.48. The van der Waals surface area contributed by atoms with E-state index in [0.29, 0.717) is 12.3 Å². The molecule has 2 rings (SSSR count). The Morgan fingerprint density at radius 2 is 2.22 bits per heavy atom. The Kier molecular flexibility index (Phi) is 3.66. The van der Waals surface area contributed by atoms with E-state index in [2.05, 4.69) is 18.9 Å². The average Bonchev–Trinajstić information content (AvgIpc) is 2.78. The molecule has 2 heterocycles. The summed E-state index contributed by atoms with van der Waals surface area (Å²) in [5.74, 6) is 0.852. The number of aromatic nitrogens is 2. The van der Waals surface area contributed by atoms with E-state index in [-0.39, 0.29) is 23.1 Å². The van der Waals surface area contributed by atoms with Gasteiger partial charge >= 0.3 is 0 Å². The average molecular weight is 272 g/mol. The number of rotatable bonds is 4.